The van der Waals surface area contributed by atoms with E-state index in [1.807, 2.05) is 36.5 Å². The van der Waals surface area contributed by atoms with Gasteiger partial charge in [0, 0.05) is 24.6 Å². The standard InChI is InChI=1S/C14H18N4O2/c1-11(19)7-9-15-14(20)17-12-3-5-13(6-4-12)18-10-2-8-16-18/h2-6,8,10-11,19H,7,9H2,1H3,(H2,15,17,20). The van der Waals surface area contributed by atoms with Gasteiger partial charge in [0.1, 0.15) is 0 Å². The maximum atomic E-state index is 11.6. The molecule has 20 heavy (non-hydrogen) atoms. The van der Waals surface area contributed by atoms with Crippen LogP contribution in [-0.2, 0) is 0 Å². The van der Waals surface area contributed by atoms with E-state index < -0.39 is 6.10 Å². The number of aliphatic hydroxyl groups is 1. The summed E-state index contributed by atoms with van der Waals surface area (Å²) >= 11 is 0. The molecule has 0 spiro atoms. The van der Waals surface area contributed by atoms with Gasteiger partial charge in [0.15, 0.2) is 0 Å². The summed E-state index contributed by atoms with van der Waals surface area (Å²) in [6.07, 6.45) is 3.68. The lowest BCUT2D eigenvalue weighted by Gasteiger charge is -2.09. The van der Waals surface area contributed by atoms with Gasteiger partial charge in [-0.3, -0.25) is 0 Å². The number of rotatable bonds is 5. The lowest BCUT2D eigenvalue weighted by molar-refractivity contribution is 0.184. The van der Waals surface area contributed by atoms with Crippen molar-refractivity contribution in [1.29, 1.82) is 0 Å². The average molecular weight is 274 g/mol. The van der Waals surface area contributed by atoms with Crippen molar-refractivity contribution in [2.24, 2.45) is 0 Å². The monoisotopic (exact) mass is 274 g/mol. The van der Waals surface area contributed by atoms with Gasteiger partial charge in [-0.2, -0.15) is 5.10 Å². The van der Waals surface area contributed by atoms with Crippen LogP contribution in [0.15, 0.2) is 42.7 Å². The highest BCUT2D eigenvalue weighted by atomic mass is 16.3. The number of urea groups is 1. The van der Waals surface area contributed by atoms with E-state index >= 15 is 0 Å². The summed E-state index contributed by atoms with van der Waals surface area (Å²) < 4.78 is 1.74. The zero-order chi connectivity index (χ0) is 14.4. The molecule has 6 heteroatoms. The maximum Gasteiger partial charge on any atom is 0.319 e. The molecular formula is C14H18N4O2. The molecule has 1 aromatic heterocycles. The van der Waals surface area contributed by atoms with E-state index in [9.17, 15) is 4.79 Å². The van der Waals surface area contributed by atoms with Crippen LogP contribution < -0.4 is 10.6 Å². The molecule has 1 heterocycles. The Kier molecular flexibility index (Phi) is 4.73. The molecule has 1 atom stereocenters. The van der Waals surface area contributed by atoms with Crippen molar-refractivity contribution in [3.63, 3.8) is 0 Å². The van der Waals surface area contributed by atoms with Gasteiger partial charge in [-0.15, -0.1) is 0 Å². The molecular weight excluding hydrogens is 256 g/mol. The molecule has 0 radical (unpaired) electrons. The number of aliphatic hydroxyl groups excluding tert-OH is 1. The normalized spacial score (nSPS) is 11.9. The van der Waals surface area contributed by atoms with E-state index in [0.717, 1.165) is 5.69 Å². The summed E-state index contributed by atoms with van der Waals surface area (Å²) in [5.74, 6) is 0. The zero-order valence-corrected chi connectivity index (χ0v) is 11.3. The highest BCUT2D eigenvalue weighted by Gasteiger charge is 2.03. The first-order chi connectivity index (χ1) is 9.65. The number of nitrogens with zero attached hydrogens (tertiary/aromatic N) is 2. The molecule has 0 bridgehead atoms. The number of carbonyl (C=O) groups excluding carboxylic acids is 1. The largest absolute Gasteiger partial charge is 0.393 e. The molecule has 1 aromatic carbocycles. The van der Waals surface area contributed by atoms with Crippen LogP contribution >= 0.6 is 0 Å². The fraction of sp³-hybridized carbons (Fsp3) is 0.286. The molecule has 3 N–H and O–H groups in total. The summed E-state index contributed by atoms with van der Waals surface area (Å²) in [7, 11) is 0. The average Bonchev–Trinajstić information content (AvgIpc) is 2.93. The second-order valence-electron chi connectivity index (χ2n) is 4.52. The first-order valence-corrected chi connectivity index (χ1v) is 6.48. The Balaban J connectivity index is 1.86. The topological polar surface area (TPSA) is 79.2 Å². The summed E-state index contributed by atoms with van der Waals surface area (Å²) in [4.78, 5) is 11.6. The fourth-order valence-electron chi connectivity index (χ4n) is 1.69. The summed E-state index contributed by atoms with van der Waals surface area (Å²) in [6, 6.07) is 8.94. The lowest BCUT2D eigenvalue weighted by Crippen LogP contribution is -2.30. The highest BCUT2D eigenvalue weighted by Crippen LogP contribution is 2.12. The van der Waals surface area contributed by atoms with Crippen LogP contribution in [0.3, 0.4) is 0 Å². The molecule has 0 aliphatic carbocycles. The third kappa shape index (κ3) is 4.10. The molecule has 0 fully saturated rings. The first kappa shape index (κ1) is 14.1. The van der Waals surface area contributed by atoms with E-state index in [0.29, 0.717) is 18.7 Å². The Morgan fingerprint density at radius 2 is 2.15 bits per heavy atom. The molecule has 0 saturated heterocycles. The molecule has 2 rings (SSSR count). The predicted octanol–water partition coefficient (Wildman–Crippen LogP) is 1.76. The molecule has 2 amide bonds. The molecule has 1 unspecified atom stereocenters. The Morgan fingerprint density at radius 1 is 1.40 bits per heavy atom. The van der Waals surface area contributed by atoms with Gasteiger partial charge < -0.3 is 15.7 Å². The van der Waals surface area contributed by atoms with Gasteiger partial charge >= 0.3 is 6.03 Å². The van der Waals surface area contributed by atoms with Crippen molar-refractivity contribution >= 4 is 11.7 Å². The maximum absolute atomic E-state index is 11.6. The zero-order valence-electron chi connectivity index (χ0n) is 11.3. The minimum absolute atomic E-state index is 0.280. The van der Waals surface area contributed by atoms with E-state index in [4.69, 9.17) is 5.11 Å². The fourth-order valence-corrected chi connectivity index (χ4v) is 1.69. The summed E-state index contributed by atoms with van der Waals surface area (Å²) in [5, 5.41) is 18.6. The number of hydrogen-bond donors (Lipinski definition) is 3. The van der Waals surface area contributed by atoms with Gasteiger partial charge in [-0.05, 0) is 43.7 Å². The Hall–Kier alpha value is -2.34. The second-order valence-corrected chi connectivity index (χ2v) is 4.52. The number of nitrogens with one attached hydrogen (secondary N) is 2. The molecule has 0 aliphatic heterocycles. The SMILES string of the molecule is CC(O)CCNC(=O)Nc1ccc(-n2cccn2)cc1. The quantitative estimate of drug-likeness (QED) is 0.777. The van der Waals surface area contributed by atoms with E-state index in [1.165, 1.54) is 0 Å². The van der Waals surface area contributed by atoms with E-state index in [1.54, 1.807) is 17.8 Å². The van der Waals surface area contributed by atoms with Gasteiger partial charge in [0.05, 0.1) is 11.8 Å². The van der Waals surface area contributed by atoms with Crippen molar-refractivity contribution in [2.45, 2.75) is 19.4 Å². The van der Waals surface area contributed by atoms with Crippen LogP contribution in [0.25, 0.3) is 5.69 Å². The molecule has 106 valence electrons. The summed E-state index contributed by atoms with van der Waals surface area (Å²) in [5.41, 5.74) is 1.63. The second kappa shape index (κ2) is 6.72. The van der Waals surface area contributed by atoms with Crippen LogP contribution in [0, 0.1) is 0 Å². The minimum Gasteiger partial charge on any atom is -0.393 e. The van der Waals surface area contributed by atoms with Crippen molar-refractivity contribution in [2.75, 3.05) is 11.9 Å². The lowest BCUT2D eigenvalue weighted by atomic mass is 10.3. The van der Waals surface area contributed by atoms with Gasteiger partial charge in [-0.25, -0.2) is 9.48 Å². The molecule has 0 aliphatic rings. The number of carbonyl (C=O) groups is 1. The van der Waals surface area contributed by atoms with Gasteiger partial charge in [0.2, 0.25) is 0 Å². The van der Waals surface area contributed by atoms with Crippen molar-refractivity contribution in [3.8, 4) is 5.69 Å². The number of benzene rings is 1. The Labute approximate surface area is 117 Å². The van der Waals surface area contributed by atoms with Crippen LogP contribution in [0.2, 0.25) is 0 Å². The molecule has 2 aromatic rings. The number of aromatic nitrogens is 2. The predicted molar refractivity (Wildman–Crippen MR) is 76.9 cm³/mol. The number of amides is 2. The third-order valence-electron chi connectivity index (χ3n) is 2.74. The van der Waals surface area contributed by atoms with Gasteiger partial charge in [-0.1, -0.05) is 0 Å². The van der Waals surface area contributed by atoms with Crippen molar-refractivity contribution in [1.82, 2.24) is 15.1 Å². The van der Waals surface area contributed by atoms with E-state index in [-0.39, 0.29) is 6.03 Å². The first-order valence-electron chi connectivity index (χ1n) is 6.48. The van der Waals surface area contributed by atoms with Crippen molar-refractivity contribution < 1.29 is 9.90 Å². The Bertz CT molecular complexity index is 535. The van der Waals surface area contributed by atoms with Crippen LogP contribution in [0.5, 0.6) is 0 Å². The summed E-state index contributed by atoms with van der Waals surface area (Å²) in [6.45, 7) is 2.13. The smallest absolute Gasteiger partial charge is 0.319 e. The minimum atomic E-state index is -0.413. The van der Waals surface area contributed by atoms with Crippen LogP contribution in [0.1, 0.15) is 13.3 Å². The molecule has 0 saturated carbocycles. The highest BCUT2D eigenvalue weighted by molar-refractivity contribution is 5.89. The third-order valence-corrected chi connectivity index (χ3v) is 2.74. The Morgan fingerprint density at radius 3 is 2.75 bits per heavy atom. The van der Waals surface area contributed by atoms with Crippen molar-refractivity contribution in [3.05, 3.63) is 42.7 Å². The number of anilines is 1. The van der Waals surface area contributed by atoms with Crippen LogP contribution in [0.4, 0.5) is 10.5 Å². The van der Waals surface area contributed by atoms with Crippen LogP contribution in [-0.4, -0.2) is 33.6 Å². The molecule has 6 nitrogen and oxygen atoms in total. The van der Waals surface area contributed by atoms with Gasteiger partial charge in [0.25, 0.3) is 0 Å². The number of hydrogen-bond acceptors (Lipinski definition) is 3. The van der Waals surface area contributed by atoms with E-state index in [2.05, 4.69) is 15.7 Å².